The number of carbonyl (C=O) groups is 1. The van der Waals surface area contributed by atoms with Crippen molar-refractivity contribution in [3.8, 4) is 0 Å². The largest absolute Gasteiger partial charge is 0.368 e. The van der Waals surface area contributed by atoms with E-state index in [2.05, 4.69) is 53.5 Å². The van der Waals surface area contributed by atoms with Crippen molar-refractivity contribution >= 4 is 23.1 Å². The van der Waals surface area contributed by atoms with Crippen molar-refractivity contribution in [2.75, 3.05) is 31.1 Å². The highest BCUT2D eigenvalue weighted by atomic mass is 32.1. The SMILES string of the molecule is CCc1ccc(CNC(=O)N2CCN(c3ccccc3)CC2)s1. The minimum absolute atomic E-state index is 0.0455. The van der Waals surface area contributed by atoms with Crippen LogP contribution in [0.1, 0.15) is 16.7 Å². The van der Waals surface area contributed by atoms with Crippen LogP contribution in [0.3, 0.4) is 0 Å². The highest BCUT2D eigenvalue weighted by Gasteiger charge is 2.20. The Kier molecular flexibility index (Phi) is 5.18. The van der Waals surface area contributed by atoms with Crippen molar-refractivity contribution in [2.24, 2.45) is 0 Å². The number of hydrogen-bond acceptors (Lipinski definition) is 3. The van der Waals surface area contributed by atoms with Gasteiger partial charge in [-0.1, -0.05) is 25.1 Å². The molecule has 3 rings (SSSR count). The third kappa shape index (κ3) is 4.05. The minimum atomic E-state index is 0.0455. The number of nitrogens with one attached hydrogen (secondary N) is 1. The third-order valence-corrected chi connectivity index (χ3v) is 5.40. The first-order valence-corrected chi connectivity index (χ1v) is 8.98. The molecule has 5 heteroatoms. The summed E-state index contributed by atoms with van der Waals surface area (Å²) >= 11 is 1.78. The second-order valence-corrected chi connectivity index (χ2v) is 6.94. The number of rotatable bonds is 4. The van der Waals surface area contributed by atoms with E-state index in [0.29, 0.717) is 6.54 Å². The zero-order chi connectivity index (χ0) is 16.1. The van der Waals surface area contributed by atoms with E-state index < -0.39 is 0 Å². The topological polar surface area (TPSA) is 35.6 Å². The molecule has 0 bridgehead atoms. The Morgan fingerprint density at radius 3 is 2.39 bits per heavy atom. The zero-order valence-corrected chi connectivity index (χ0v) is 14.3. The molecule has 0 atom stereocenters. The molecule has 122 valence electrons. The second kappa shape index (κ2) is 7.51. The van der Waals surface area contributed by atoms with E-state index in [1.807, 2.05) is 11.0 Å². The van der Waals surface area contributed by atoms with Gasteiger partial charge < -0.3 is 15.1 Å². The lowest BCUT2D eigenvalue weighted by molar-refractivity contribution is 0.194. The van der Waals surface area contributed by atoms with E-state index in [0.717, 1.165) is 32.6 Å². The monoisotopic (exact) mass is 329 g/mol. The first-order valence-electron chi connectivity index (χ1n) is 8.16. The van der Waals surface area contributed by atoms with Gasteiger partial charge in [0.1, 0.15) is 0 Å². The normalized spacial score (nSPS) is 14.8. The number of nitrogens with zero attached hydrogens (tertiary/aromatic N) is 2. The van der Waals surface area contributed by atoms with Crippen LogP contribution in [0.25, 0.3) is 0 Å². The Morgan fingerprint density at radius 1 is 1.04 bits per heavy atom. The Balaban J connectivity index is 1.46. The zero-order valence-electron chi connectivity index (χ0n) is 13.5. The first-order chi connectivity index (χ1) is 11.3. The summed E-state index contributed by atoms with van der Waals surface area (Å²) in [6, 6.07) is 14.7. The Labute approximate surface area is 141 Å². The number of hydrogen-bond donors (Lipinski definition) is 1. The van der Waals surface area contributed by atoms with Crippen LogP contribution in [0, 0.1) is 0 Å². The van der Waals surface area contributed by atoms with Crippen molar-refractivity contribution in [2.45, 2.75) is 19.9 Å². The fourth-order valence-corrected chi connectivity index (χ4v) is 3.69. The van der Waals surface area contributed by atoms with Crippen LogP contribution in [-0.2, 0) is 13.0 Å². The van der Waals surface area contributed by atoms with Crippen molar-refractivity contribution < 1.29 is 4.79 Å². The molecule has 1 aromatic heterocycles. The summed E-state index contributed by atoms with van der Waals surface area (Å²) in [6.07, 6.45) is 1.06. The van der Waals surface area contributed by atoms with Crippen LogP contribution < -0.4 is 10.2 Å². The highest BCUT2D eigenvalue weighted by molar-refractivity contribution is 7.11. The Hall–Kier alpha value is -2.01. The molecule has 4 nitrogen and oxygen atoms in total. The highest BCUT2D eigenvalue weighted by Crippen LogP contribution is 2.17. The van der Waals surface area contributed by atoms with Gasteiger partial charge in [0.25, 0.3) is 0 Å². The van der Waals surface area contributed by atoms with E-state index in [4.69, 9.17) is 0 Å². The predicted molar refractivity (Wildman–Crippen MR) is 96.2 cm³/mol. The summed E-state index contributed by atoms with van der Waals surface area (Å²) < 4.78 is 0. The van der Waals surface area contributed by atoms with Crippen LogP contribution in [0.15, 0.2) is 42.5 Å². The predicted octanol–water partition coefficient (Wildman–Crippen LogP) is 3.34. The number of amides is 2. The molecule has 0 unspecified atom stereocenters. The van der Waals surface area contributed by atoms with Gasteiger partial charge in [-0.05, 0) is 30.7 Å². The van der Waals surface area contributed by atoms with Crippen molar-refractivity contribution in [3.05, 3.63) is 52.2 Å². The number of aryl methyl sites for hydroxylation is 1. The molecule has 1 aromatic carbocycles. The van der Waals surface area contributed by atoms with Gasteiger partial charge in [-0.3, -0.25) is 0 Å². The van der Waals surface area contributed by atoms with Gasteiger partial charge in [0, 0.05) is 41.6 Å². The van der Waals surface area contributed by atoms with Gasteiger partial charge in [0.15, 0.2) is 0 Å². The first kappa shape index (κ1) is 15.9. The number of benzene rings is 1. The molecular weight excluding hydrogens is 306 g/mol. The summed E-state index contributed by atoms with van der Waals surface area (Å²) in [6.45, 7) is 6.09. The number of thiophene rings is 1. The maximum absolute atomic E-state index is 12.3. The average molecular weight is 329 g/mol. The molecule has 1 N–H and O–H groups in total. The number of carbonyl (C=O) groups excluding carboxylic acids is 1. The molecule has 0 aliphatic carbocycles. The van der Waals surface area contributed by atoms with E-state index >= 15 is 0 Å². The standard InChI is InChI=1S/C18H23N3OS/c1-2-16-8-9-17(23-16)14-19-18(22)21-12-10-20(11-13-21)15-6-4-3-5-7-15/h3-9H,2,10-14H2,1H3,(H,19,22). The molecule has 2 heterocycles. The van der Waals surface area contributed by atoms with E-state index in [1.54, 1.807) is 11.3 Å². The van der Waals surface area contributed by atoms with Gasteiger partial charge in [0.2, 0.25) is 0 Å². The quantitative estimate of drug-likeness (QED) is 0.934. The van der Waals surface area contributed by atoms with Crippen molar-refractivity contribution in [3.63, 3.8) is 0 Å². The van der Waals surface area contributed by atoms with Crippen LogP contribution in [0.4, 0.5) is 10.5 Å². The maximum atomic E-state index is 12.3. The van der Waals surface area contributed by atoms with Crippen LogP contribution in [-0.4, -0.2) is 37.1 Å². The lowest BCUT2D eigenvalue weighted by Gasteiger charge is -2.36. The molecule has 1 aliphatic rings. The molecule has 2 amide bonds. The van der Waals surface area contributed by atoms with Crippen molar-refractivity contribution in [1.29, 1.82) is 0 Å². The van der Waals surface area contributed by atoms with Crippen LogP contribution in [0.5, 0.6) is 0 Å². The van der Waals surface area contributed by atoms with E-state index in [1.165, 1.54) is 15.4 Å². The van der Waals surface area contributed by atoms with Gasteiger partial charge in [0.05, 0.1) is 6.54 Å². The summed E-state index contributed by atoms with van der Waals surface area (Å²) in [4.78, 5) is 19.1. The molecule has 2 aromatic rings. The number of anilines is 1. The molecule has 1 saturated heterocycles. The molecule has 23 heavy (non-hydrogen) atoms. The summed E-state index contributed by atoms with van der Waals surface area (Å²) in [5, 5.41) is 3.04. The summed E-state index contributed by atoms with van der Waals surface area (Å²) in [7, 11) is 0. The number of urea groups is 1. The molecular formula is C18H23N3OS. The number of para-hydroxylation sites is 1. The second-order valence-electron chi connectivity index (χ2n) is 5.69. The smallest absolute Gasteiger partial charge is 0.317 e. The van der Waals surface area contributed by atoms with E-state index in [9.17, 15) is 4.79 Å². The minimum Gasteiger partial charge on any atom is -0.368 e. The molecule has 1 aliphatic heterocycles. The van der Waals surface area contributed by atoms with Gasteiger partial charge >= 0.3 is 6.03 Å². The summed E-state index contributed by atoms with van der Waals surface area (Å²) in [5.41, 5.74) is 1.23. The molecule has 1 fully saturated rings. The maximum Gasteiger partial charge on any atom is 0.317 e. The van der Waals surface area contributed by atoms with E-state index in [-0.39, 0.29) is 6.03 Å². The van der Waals surface area contributed by atoms with Crippen LogP contribution >= 0.6 is 11.3 Å². The molecule has 0 saturated carbocycles. The van der Waals surface area contributed by atoms with Gasteiger partial charge in [-0.25, -0.2) is 4.79 Å². The van der Waals surface area contributed by atoms with Crippen molar-refractivity contribution in [1.82, 2.24) is 10.2 Å². The Morgan fingerprint density at radius 2 is 1.74 bits per heavy atom. The average Bonchev–Trinajstić information content (AvgIpc) is 3.09. The lowest BCUT2D eigenvalue weighted by atomic mass is 10.2. The van der Waals surface area contributed by atoms with Gasteiger partial charge in [-0.2, -0.15) is 0 Å². The summed E-state index contributed by atoms with van der Waals surface area (Å²) in [5.74, 6) is 0. The number of piperazine rings is 1. The fraction of sp³-hybridized carbons (Fsp3) is 0.389. The molecule has 0 radical (unpaired) electrons. The van der Waals surface area contributed by atoms with Crippen LogP contribution in [0.2, 0.25) is 0 Å². The fourth-order valence-electron chi connectivity index (χ4n) is 2.79. The Bertz CT molecular complexity index is 633. The lowest BCUT2D eigenvalue weighted by Crippen LogP contribution is -2.51. The third-order valence-electron chi connectivity index (χ3n) is 4.17. The molecule has 0 spiro atoms. The van der Waals surface area contributed by atoms with Gasteiger partial charge in [-0.15, -0.1) is 11.3 Å².